The van der Waals surface area contributed by atoms with Crippen molar-refractivity contribution in [3.63, 3.8) is 0 Å². The van der Waals surface area contributed by atoms with Crippen LogP contribution in [-0.4, -0.2) is 42.6 Å². The van der Waals surface area contributed by atoms with Crippen LogP contribution in [-0.2, 0) is 4.79 Å². The molecule has 1 atom stereocenters. The Balaban J connectivity index is 2.02. The number of fused-ring (bicyclic) bond motifs is 1. The number of likely N-dealkylation sites (N-methyl/N-ethyl adjacent to an activating group) is 2. The van der Waals surface area contributed by atoms with Crippen LogP contribution in [0.2, 0.25) is 0 Å². The second kappa shape index (κ2) is 8.82. The van der Waals surface area contributed by atoms with E-state index in [1.54, 1.807) is 6.20 Å². The molecule has 2 heterocycles. The summed E-state index contributed by atoms with van der Waals surface area (Å²) in [6.07, 6.45) is 4.40. The lowest BCUT2D eigenvalue weighted by atomic mass is 10.2. The van der Waals surface area contributed by atoms with Crippen molar-refractivity contribution in [1.82, 2.24) is 9.97 Å². The van der Waals surface area contributed by atoms with E-state index in [4.69, 9.17) is 0 Å². The summed E-state index contributed by atoms with van der Waals surface area (Å²) in [5, 5.41) is 4.60. The molecule has 1 unspecified atom stereocenters. The maximum atomic E-state index is 11.4. The van der Waals surface area contributed by atoms with Gasteiger partial charge >= 0.3 is 0 Å². The molecule has 29 heavy (non-hydrogen) atoms. The first-order chi connectivity index (χ1) is 13.9. The number of allylic oxidation sites excluding steroid dienone is 1. The van der Waals surface area contributed by atoms with Crippen LogP contribution in [0.25, 0.3) is 10.9 Å². The first-order valence-electron chi connectivity index (χ1n) is 9.79. The second-order valence-electron chi connectivity index (χ2n) is 7.58. The van der Waals surface area contributed by atoms with Gasteiger partial charge in [-0.3, -0.25) is 4.79 Å². The molecule has 0 saturated carbocycles. The third-order valence-corrected chi connectivity index (χ3v) is 4.85. The van der Waals surface area contributed by atoms with E-state index < -0.39 is 0 Å². The van der Waals surface area contributed by atoms with Crippen LogP contribution in [0.5, 0.6) is 0 Å². The number of anilines is 3. The highest BCUT2D eigenvalue weighted by Gasteiger charge is 2.23. The Morgan fingerprint density at radius 2 is 1.90 bits per heavy atom. The molecule has 0 bridgehead atoms. The molecule has 152 valence electrons. The molecule has 3 aromatic rings. The highest BCUT2D eigenvalue weighted by Crippen LogP contribution is 2.28. The second-order valence-corrected chi connectivity index (χ2v) is 7.58. The Morgan fingerprint density at radius 1 is 1.14 bits per heavy atom. The summed E-state index contributed by atoms with van der Waals surface area (Å²) in [4.78, 5) is 23.6. The van der Waals surface area contributed by atoms with Crippen LogP contribution in [0.1, 0.15) is 20.8 Å². The fourth-order valence-corrected chi connectivity index (χ4v) is 3.38. The Hall–Kier alpha value is -3.28. The van der Waals surface area contributed by atoms with Crippen LogP contribution in [0.3, 0.4) is 0 Å². The van der Waals surface area contributed by atoms with Crippen LogP contribution < -0.4 is 15.1 Å². The Kier molecular flexibility index (Phi) is 6.22. The summed E-state index contributed by atoms with van der Waals surface area (Å²) >= 11 is 0. The molecule has 0 aliphatic carbocycles. The largest absolute Gasteiger partial charge is 0.380 e. The predicted molar refractivity (Wildman–Crippen MR) is 122 cm³/mol. The van der Waals surface area contributed by atoms with E-state index in [0.717, 1.165) is 34.5 Å². The number of hydrogen-bond acceptors (Lipinski definition) is 5. The topological polar surface area (TPSA) is 64.3 Å². The molecule has 2 N–H and O–H groups in total. The first kappa shape index (κ1) is 20.5. The van der Waals surface area contributed by atoms with Gasteiger partial charge < -0.3 is 20.1 Å². The molecular formula is C23H29N5O. The molecular weight excluding hydrogens is 362 g/mol. The van der Waals surface area contributed by atoms with Crippen LogP contribution in [0, 0.1) is 0 Å². The average molecular weight is 392 g/mol. The summed E-state index contributed by atoms with van der Waals surface area (Å²) in [6, 6.07) is 14.5. The average Bonchev–Trinajstić information content (AvgIpc) is 3.15. The number of aldehydes is 1. The lowest BCUT2D eigenvalue weighted by molar-refractivity contribution is -0.104. The summed E-state index contributed by atoms with van der Waals surface area (Å²) in [5.74, 6) is 1.79. The quantitative estimate of drug-likeness (QED) is 0.338. The fraction of sp³-hybridized carbons (Fsp3) is 0.304. The van der Waals surface area contributed by atoms with E-state index in [1.807, 2.05) is 51.4 Å². The number of hydrogen-bond donors (Lipinski definition) is 2. The van der Waals surface area contributed by atoms with E-state index in [9.17, 15) is 4.79 Å². The Labute approximate surface area is 172 Å². The number of benzene rings is 1. The van der Waals surface area contributed by atoms with Crippen molar-refractivity contribution < 1.29 is 4.79 Å². The minimum absolute atomic E-state index is 0.212. The molecule has 0 aliphatic heterocycles. The molecule has 1 aromatic carbocycles. The number of rotatable bonds is 8. The van der Waals surface area contributed by atoms with E-state index in [1.165, 1.54) is 0 Å². The minimum atomic E-state index is -0.212. The third-order valence-electron chi connectivity index (χ3n) is 4.85. The molecule has 0 amide bonds. The van der Waals surface area contributed by atoms with Crippen LogP contribution >= 0.6 is 0 Å². The summed E-state index contributed by atoms with van der Waals surface area (Å²) in [7, 11) is 4.01. The van der Waals surface area contributed by atoms with Crippen LogP contribution in [0.4, 0.5) is 17.3 Å². The van der Waals surface area contributed by atoms with E-state index in [2.05, 4.69) is 57.1 Å². The fourth-order valence-electron chi connectivity index (χ4n) is 3.38. The van der Waals surface area contributed by atoms with Gasteiger partial charge in [0.1, 0.15) is 18.3 Å². The summed E-state index contributed by atoms with van der Waals surface area (Å²) in [5.41, 5.74) is 2.70. The number of nitrogens with zero attached hydrogens (tertiary/aromatic N) is 3. The maximum Gasteiger partial charge on any atom is 0.153 e. The first-order valence-corrected chi connectivity index (χ1v) is 9.79. The zero-order valence-corrected chi connectivity index (χ0v) is 17.7. The van der Waals surface area contributed by atoms with Crippen molar-refractivity contribution >= 4 is 34.5 Å². The van der Waals surface area contributed by atoms with Gasteiger partial charge in [0, 0.05) is 37.2 Å². The van der Waals surface area contributed by atoms with Gasteiger partial charge in [0.05, 0.1) is 5.69 Å². The number of carbonyl (C=O) groups excluding carboxylic acids is 1. The Morgan fingerprint density at radius 3 is 2.59 bits per heavy atom. The summed E-state index contributed by atoms with van der Waals surface area (Å²) in [6.45, 7) is 6.02. The van der Waals surface area contributed by atoms with Gasteiger partial charge in [0.15, 0.2) is 5.82 Å². The smallest absolute Gasteiger partial charge is 0.153 e. The zero-order valence-electron chi connectivity index (χ0n) is 17.7. The number of para-hydroxylation sites is 1. The molecule has 0 fully saturated rings. The number of pyridine rings is 1. The van der Waals surface area contributed by atoms with E-state index in [-0.39, 0.29) is 12.2 Å². The van der Waals surface area contributed by atoms with Gasteiger partial charge in [-0.05, 0) is 56.7 Å². The molecule has 0 aliphatic rings. The number of carbonyl (C=O) groups is 1. The van der Waals surface area contributed by atoms with Crippen LogP contribution in [0.15, 0.2) is 60.3 Å². The van der Waals surface area contributed by atoms with Gasteiger partial charge in [-0.25, -0.2) is 4.98 Å². The normalized spacial score (nSPS) is 12.8. The van der Waals surface area contributed by atoms with Gasteiger partial charge in [0.25, 0.3) is 0 Å². The highest BCUT2D eigenvalue weighted by molar-refractivity contribution is 5.84. The van der Waals surface area contributed by atoms with Crippen molar-refractivity contribution in [2.75, 3.05) is 29.2 Å². The number of aromatic amines is 1. The van der Waals surface area contributed by atoms with Crippen molar-refractivity contribution in [3.05, 3.63) is 60.3 Å². The third kappa shape index (κ3) is 4.59. The van der Waals surface area contributed by atoms with Gasteiger partial charge in [-0.2, -0.15) is 0 Å². The summed E-state index contributed by atoms with van der Waals surface area (Å²) < 4.78 is 0. The standard InChI is InChI=1S/C23H29N5O/c1-16(2)25-20-11-8-12-24-23(20)28(5)22(13-17(3)15-29)27(4)21-14-18-9-6-7-10-19(18)26-21/h6-16,22,25-26H,1-5H3/b17-13-. The molecule has 6 nitrogen and oxygen atoms in total. The maximum absolute atomic E-state index is 11.4. The lowest BCUT2D eigenvalue weighted by Gasteiger charge is -2.36. The number of H-pyrrole nitrogens is 1. The van der Waals surface area contributed by atoms with Crippen molar-refractivity contribution in [3.8, 4) is 0 Å². The molecule has 0 saturated heterocycles. The molecule has 0 radical (unpaired) electrons. The Bertz CT molecular complexity index is 974. The monoisotopic (exact) mass is 391 g/mol. The molecule has 3 rings (SSSR count). The molecule has 0 spiro atoms. The van der Waals surface area contributed by atoms with Crippen molar-refractivity contribution in [2.45, 2.75) is 33.0 Å². The zero-order chi connectivity index (χ0) is 21.0. The predicted octanol–water partition coefficient (Wildman–Crippen LogP) is 4.43. The van der Waals surface area contributed by atoms with Gasteiger partial charge in [-0.15, -0.1) is 0 Å². The van der Waals surface area contributed by atoms with E-state index in [0.29, 0.717) is 5.57 Å². The van der Waals surface area contributed by atoms with Gasteiger partial charge in [-0.1, -0.05) is 18.2 Å². The highest BCUT2D eigenvalue weighted by atomic mass is 16.1. The molecule has 6 heteroatoms. The van der Waals surface area contributed by atoms with E-state index >= 15 is 0 Å². The minimum Gasteiger partial charge on any atom is -0.380 e. The lowest BCUT2D eigenvalue weighted by Crippen LogP contribution is -2.45. The molecule has 2 aromatic heterocycles. The van der Waals surface area contributed by atoms with Crippen molar-refractivity contribution in [1.29, 1.82) is 0 Å². The van der Waals surface area contributed by atoms with Gasteiger partial charge in [0.2, 0.25) is 0 Å². The number of aromatic nitrogens is 2. The SMILES string of the molecule is C/C(C=O)=C/C(N(C)c1cc2ccccc2[nH]1)N(C)c1ncccc1NC(C)C. The number of nitrogens with one attached hydrogen (secondary N) is 2. The van der Waals surface area contributed by atoms with Crippen molar-refractivity contribution in [2.24, 2.45) is 0 Å².